The first-order chi connectivity index (χ1) is 7.61. The van der Waals surface area contributed by atoms with Gasteiger partial charge < -0.3 is 5.11 Å². The molecule has 1 unspecified atom stereocenters. The number of rotatable bonds is 6. The van der Waals surface area contributed by atoms with Gasteiger partial charge in [0.25, 0.3) is 0 Å². The normalized spacial score (nSPS) is 14.4. The number of nitrogens with one attached hydrogen (secondary N) is 1. The van der Waals surface area contributed by atoms with Crippen molar-refractivity contribution in [2.24, 2.45) is 0 Å². The predicted octanol–water partition coefficient (Wildman–Crippen LogP) is 1.77. The number of carboxylic acids is 1. The van der Waals surface area contributed by atoms with E-state index in [0.29, 0.717) is 6.54 Å². The monoisotopic (exact) mass is 222 g/mol. The SMILES string of the molecule is CCCCNC(C)(C(=O)O)c1ccncc1. The third kappa shape index (κ3) is 2.79. The van der Waals surface area contributed by atoms with Crippen molar-refractivity contribution in [2.75, 3.05) is 6.54 Å². The summed E-state index contributed by atoms with van der Waals surface area (Å²) in [5, 5.41) is 12.4. The molecule has 2 N–H and O–H groups in total. The van der Waals surface area contributed by atoms with E-state index in [4.69, 9.17) is 0 Å². The molecule has 0 aliphatic heterocycles. The number of carboxylic acid groups (broad SMARTS) is 1. The van der Waals surface area contributed by atoms with Crippen LogP contribution in [0.25, 0.3) is 0 Å². The lowest BCUT2D eigenvalue weighted by molar-refractivity contribution is -0.144. The van der Waals surface area contributed by atoms with Crippen molar-refractivity contribution in [3.05, 3.63) is 30.1 Å². The van der Waals surface area contributed by atoms with Gasteiger partial charge in [0.05, 0.1) is 0 Å². The van der Waals surface area contributed by atoms with Crippen LogP contribution < -0.4 is 5.32 Å². The van der Waals surface area contributed by atoms with Gasteiger partial charge in [0.1, 0.15) is 5.54 Å². The molecule has 4 nitrogen and oxygen atoms in total. The van der Waals surface area contributed by atoms with Crippen LogP contribution in [0.4, 0.5) is 0 Å². The minimum Gasteiger partial charge on any atom is -0.480 e. The highest BCUT2D eigenvalue weighted by Crippen LogP contribution is 2.20. The molecule has 4 heteroatoms. The molecule has 0 aromatic carbocycles. The Morgan fingerprint density at radius 2 is 2.12 bits per heavy atom. The van der Waals surface area contributed by atoms with Crippen LogP contribution >= 0.6 is 0 Å². The minimum atomic E-state index is -1.03. The van der Waals surface area contributed by atoms with Gasteiger partial charge >= 0.3 is 5.97 Å². The third-order valence-electron chi connectivity index (χ3n) is 2.69. The van der Waals surface area contributed by atoms with E-state index in [1.165, 1.54) is 0 Å². The summed E-state index contributed by atoms with van der Waals surface area (Å²) < 4.78 is 0. The molecule has 1 aromatic rings. The zero-order valence-electron chi connectivity index (χ0n) is 9.73. The number of aliphatic carboxylic acids is 1. The van der Waals surface area contributed by atoms with Gasteiger partial charge in [-0.1, -0.05) is 13.3 Å². The predicted molar refractivity (Wildman–Crippen MR) is 62.1 cm³/mol. The third-order valence-corrected chi connectivity index (χ3v) is 2.69. The molecule has 0 amide bonds. The Morgan fingerprint density at radius 3 is 2.62 bits per heavy atom. The highest BCUT2D eigenvalue weighted by molar-refractivity contribution is 5.80. The molecule has 1 heterocycles. The number of aromatic nitrogens is 1. The maximum Gasteiger partial charge on any atom is 0.328 e. The van der Waals surface area contributed by atoms with Crippen molar-refractivity contribution >= 4 is 5.97 Å². The molecule has 0 saturated heterocycles. The van der Waals surface area contributed by atoms with Crippen molar-refractivity contribution in [1.29, 1.82) is 0 Å². The Balaban J connectivity index is 2.85. The zero-order chi connectivity index (χ0) is 12.0. The highest BCUT2D eigenvalue weighted by Gasteiger charge is 2.34. The lowest BCUT2D eigenvalue weighted by atomic mass is 9.93. The van der Waals surface area contributed by atoms with E-state index in [1.807, 2.05) is 0 Å². The fraction of sp³-hybridized carbons (Fsp3) is 0.500. The van der Waals surface area contributed by atoms with Gasteiger partial charge in [-0.25, -0.2) is 4.79 Å². The second kappa shape index (κ2) is 5.61. The molecule has 0 radical (unpaired) electrons. The molecule has 0 bridgehead atoms. The second-order valence-corrected chi connectivity index (χ2v) is 3.95. The van der Waals surface area contributed by atoms with Crippen molar-refractivity contribution < 1.29 is 9.90 Å². The fourth-order valence-electron chi connectivity index (χ4n) is 1.50. The Kier molecular flexibility index (Phi) is 4.43. The Morgan fingerprint density at radius 1 is 1.50 bits per heavy atom. The first-order valence-corrected chi connectivity index (χ1v) is 5.50. The van der Waals surface area contributed by atoms with E-state index < -0.39 is 11.5 Å². The molecule has 1 aromatic heterocycles. The van der Waals surface area contributed by atoms with Gasteiger partial charge in [-0.05, 0) is 37.6 Å². The summed E-state index contributed by atoms with van der Waals surface area (Å²) >= 11 is 0. The fourth-order valence-corrected chi connectivity index (χ4v) is 1.50. The molecule has 1 rings (SSSR count). The Bertz CT molecular complexity index is 340. The van der Waals surface area contributed by atoms with Gasteiger partial charge in [-0.15, -0.1) is 0 Å². The molecule has 1 atom stereocenters. The van der Waals surface area contributed by atoms with E-state index in [1.54, 1.807) is 31.5 Å². The highest BCUT2D eigenvalue weighted by atomic mass is 16.4. The van der Waals surface area contributed by atoms with Crippen molar-refractivity contribution in [1.82, 2.24) is 10.3 Å². The van der Waals surface area contributed by atoms with Gasteiger partial charge in [-0.3, -0.25) is 10.3 Å². The average Bonchev–Trinajstić information content (AvgIpc) is 2.30. The summed E-state index contributed by atoms with van der Waals surface area (Å²) in [7, 11) is 0. The van der Waals surface area contributed by atoms with Crippen LogP contribution in [-0.2, 0) is 10.3 Å². The van der Waals surface area contributed by atoms with Crippen molar-refractivity contribution in [3.63, 3.8) is 0 Å². The van der Waals surface area contributed by atoms with E-state index in [2.05, 4.69) is 17.2 Å². The largest absolute Gasteiger partial charge is 0.480 e. The van der Waals surface area contributed by atoms with Crippen LogP contribution in [0.2, 0.25) is 0 Å². The van der Waals surface area contributed by atoms with Crippen LogP contribution in [0.5, 0.6) is 0 Å². The van der Waals surface area contributed by atoms with Gasteiger partial charge in [0.15, 0.2) is 0 Å². The average molecular weight is 222 g/mol. The van der Waals surface area contributed by atoms with Gasteiger partial charge in [0, 0.05) is 12.4 Å². The van der Waals surface area contributed by atoms with Crippen molar-refractivity contribution in [3.8, 4) is 0 Å². The van der Waals surface area contributed by atoms with Crippen LogP contribution in [0.1, 0.15) is 32.3 Å². The van der Waals surface area contributed by atoms with E-state index >= 15 is 0 Å². The summed E-state index contributed by atoms with van der Waals surface area (Å²) in [4.78, 5) is 15.2. The number of pyridine rings is 1. The van der Waals surface area contributed by atoms with Gasteiger partial charge in [-0.2, -0.15) is 0 Å². The minimum absolute atomic E-state index is 0.696. The summed E-state index contributed by atoms with van der Waals surface area (Å²) in [5.41, 5.74) is -0.302. The lowest BCUT2D eigenvalue weighted by Crippen LogP contribution is -2.47. The summed E-state index contributed by atoms with van der Waals surface area (Å²) in [6.07, 6.45) is 5.23. The van der Waals surface area contributed by atoms with E-state index in [9.17, 15) is 9.90 Å². The van der Waals surface area contributed by atoms with Crippen LogP contribution in [0.15, 0.2) is 24.5 Å². The molecule has 16 heavy (non-hydrogen) atoms. The first kappa shape index (κ1) is 12.6. The maximum atomic E-state index is 11.3. The van der Waals surface area contributed by atoms with E-state index in [-0.39, 0.29) is 0 Å². The second-order valence-electron chi connectivity index (χ2n) is 3.95. The summed E-state index contributed by atoms with van der Waals surface area (Å²) in [6.45, 7) is 4.45. The number of hydrogen-bond donors (Lipinski definition) is 2. The number of hydrogen-bond acceptors (Lipinski definition) is 3. The molecule has 0 saturated carbocycles. The Hall–Kier alpha value is -1.42. The molecule has 0 aliphatic rings. The Labute approximate surface area is 95.7 Å². The molecular weight excluding hydrogens is 204 g/mol. The van der Waals surface area contributed by atoms with Gasteiger partial charge in [0.2, 0.25) is 0 Å². The number of carbonyl (C=O) groups is 1. The van der Waals surface area contributed by atoms with Crippen molar-refractivity contribution in [2.45, 2.75) is 32.2 Å². The van der Waals surface area contributed by atoms with E-state index in [0.717, 1.165) is 18.4 Å². The molecule has 0 fully saturated rings. The summed E-state index contributed by atoms with van der Waals surface area (Å²) in [5.74, 6) is -0.866. The van der Waals surface area contributed by atoms with Crippen LogP contribution in [0, 0.1) is 0 Å². The zero-order valence-corrected chi connectivity index (χ0v) is 9.73. The first-order valence-electron chi connectivity index (χ1n) is 5.50. The molecule has 88 valence electrons. The smallest absolute Gasteiger partial charge is 0.328 e. The lowest BCUT2D eigenvalue weighted by Gasteiger charge is -2.26. The topological polar surface area (TPSA) is 62.2 Å². The summed E-state index contributed by atoms with van der Waals surface area (Å²) in [6, 6.07) is 3.46. The van der Waals surface area contributed by atoms with Crippen LogP contribution in [0.3, 0.4) is 0 Å². The molecule has 0 spiro atoms. The standard InChI is InChI=1S/C12H18N2O2/c1-3-4-7-14-12(2,11(15)16)10-5-8-13-9-6-10/h5-6,8-9,14H,3-4,7H2,1-2H3,(H,15,16). The quantitative estimate of drug-likeness (QED) is 0.720. The maximum absolute atomic E-state index is 11.3. The number of unbranched alkanes of at least 4 members (excludes halogenated alkanes) is 1. The van der Waals surface area contributed by atoms with Crippen LogP contribution in [-0.4, -0.2) is 22.6 Å². The molecular formula is C12H18N2O2. The molecule has 0 aliphatic carbocycles. The number of nitrogens with zero attached hydrogens (tertiary/aromatic N) is 1.